The molecule has 6 heteroatoms. The Morgan fingerprint density at radius 1 is 1.11 bits per heavy atom. The fourth-order valence-corrected chi connectivity index (χ4v) is 4.03. The van der Waals surface area contributed by atoms with Gasteiger partial charge in [0.2, 0.25) is 11.8 Å². The van der Waals surface area contributed by atoms with E-state index in [0.29, 0.717) is 36.0 Å². The second-order valence-electron chi connectivity index (χ2n) is 6.48. The summed E-state index contributed by atoms with van der Waals surface area (Å²) >= 11 is 7.70. The summed E-state index contributed by atoms with van der Waals surface area (Å²) in [5, 5.41) is 3.52. The van der Waals surface area contributed by atoms with Crippen molar-refractivity contribution in [2.45, 2.75) is 32.1 Å². The van der Waals surface area contributed by atoms with Crippen molar-refractivity contribution in [3.8, 4) is 0 Å². The highest BCUT2D eigenvalue weighted by atomic mass is 35.5. The van der Waals surface area contributed by atoms with Crippen LogP contribution in [0.2, 0.25) is 5.02 Å². The molecule has 1 atom stereocenters. The van der Waals surface area contributed by atoms with Gasteiger partial charge in [-0.1, -0.05) is 60.1 Å². The Kier molecular flexibility index (Phi) is 9.38. The maximum absolute atomic E-state index is 12.9. The van der Waals surface area contributed by atoms with Crippen LogP contribution in [0.15, 0.2) is 54.6 Å². The van der Waals surface area contributed by atoms with Gasteiger partial charge in [-0.25, -0.2) is 0 Å². The lowest BCUT2D eigenvalue weighted by atomic mass is 10.1. The first-order valence-corrected chi connectivity index (χ1v) is 11.0. The predicted molar refractivity (Wildman–Crippen MR) is 118 cm³/mol. The molecule has 2 aromatic carbocycles. The van der Waals surface area contributed by atoms with Crippen LogP contribution < -0.4 is 5.32 Å². The van der Waals surface area contributed by atoms with Gasteiger partial charge in [-0.05, 0) is 37.5 Å². The second-order valence-corrected chi connectivity index (χ2v) is 7.87. The van der Waals surface area contributed by atoms with Crippen molar-refractivity contribution in [3.05, 3.63) is 70.7 Å². The summed E-state index contributed by atoms with van der Waals surface area (Å²) < 4.78 is 0. The molecule has 4 nitrogen and oxygen atoms in total. The van der Waals surface area contributed by atoms with Crippen molar-refractivity contribution >= 4 is 35.2 Å². The summed E-state index contributed by atoms with van der Waals surface area (Å²) in [5.74, 6) is 0.809. The number of carbonyl (C=O) groups is 2. The topological polar surface area (TPSA) is 49.4 Å². The summed E-state index contributed by atoms with van der Waals surface area (Å²) in [5.41, 5.74) is 2.15. The predicted octanol–water partition coefficient (Wildman–Crippen LogP) is 4.17. The zero-order chi connectivity index (χ0) is 20.4. The van der Waals surface area contributed by atoms with Crippen LogP contribution in [-0.4, -0.2) is 41.6 Å². The maximum atomic E-state index is 12.9. The van der Waals surface area contributed by atoms with Crippen LogP contribution in [0.3, 0.4) is 0 Å². The van der Waals surface area contributed by atoms with E-state index in [2.05, 4.69) is 5.32 Å². The molecule has 2 amide bonds. The van der Waals surface area contributed by atoms with Crippen LogP contribution in [0.25, 0.3) is 0 Å². The van der Waals surface area contributed by atoms with Gasteiger partial charge in [0.25, 0.3) is 0 Å². The molecule has 0 aliphatic rings. The van der Waals surface area contributed by atoms with Crippen molar-refractivity contribution in [3.63, 3.8) is 0 Å². The van der Waals surface area contributed by atoms with Crippen LogP contribution in [-0.2, 0) is 21.8 Å². The molecule has 2 aromatic rings. The molecule has 2 rings (SSSR count). The number of likely N-dealkylation sites (N-methyl/N-ethyl adjacent to an activating group) is 1. The number of carbonyl (C=O) groups excluding carboxylic acids is 2. The Balaban J connectivity index is 1.98. The van der Waals surface area contributed by atoms with Gasteiger partial charge in [-0.2, -0.15) is 0 Å². The zero-order valence-electron chi connectivity index (χ0n) is 16.4. The molecule has 0 bridgehead atoms. The molecule has 0 saturated heterocycles. The first-order chi connectivity index (χ1) is 13.5. The Morgan fingerprint density at radius 2 is 1.79 bits per heavy atom. The summed E-state index contributed by atoms with van der Waals surface area (Å²) in [6, 6.07) is 17.1. The van der Waals surface area contributed by atoms with Gasteiger partial charge in [0.15, 0.2) is 0 Å². The molecule has 0 aliphatic heterocycles. The molecule has 0 spiro atoms. The Labute approximate surface area is 176 Å². The number of nitrogens with zero attached hydrogens (tertiary/aromatic N) is 1. The summed E-state index contributed by atoms with van der Waals surface area (Å²) in [4.78, 5) is 26.9. The van der Waals surface area contributed by atoms with E-state index in [0.717, 1.165) is 11.1 Å². The fourth-order valence-electron chi connectivity index (χ4n) is 2.84. The number of hydrogen-bond acceptors (Lipinski definition) is 3. The largest absolute Gasteiger partial charge is 0.355 e. The smallest absolute Gasteiger partial charge is 0.242 e. The van der Waals surface area contributed by atoms with Crippen molar-refractivity contribution in [1.29, 1.82) is 0 Å². The maximum Gasteiger partial charge on any atom is 0.242 e. The summed E-state index contributed by atoms with van der Waals surface area (Å²) in [7, 11) is 0. The van der Waals surface area contributed by atoms with Crippen molar-refractivity contribution in [1.82, 2.24) is 10.2 Å². The first-order valence-electron chi connectivity index (χ1n) is 9.45. The minimum Gasteiger partial charge on any atom is -0.355 e. The molecule has 0 radical (unpaired) electrons. The molecule has 28 heavy (non-hydrogen) atoms. The molecule has 0 fully saturated rings. The number of halogens is 1. The minimum atomic E-state index is -0.503. The highest BCUT2D eigenvalue weighted by molar-refractivity contribution is 7.99. The van der Waals surface area contributed by atoms with Gasteiger partial charge in [0.1, 0.15) is 6.04 Å². The quantitative estimate of drug-likeness (QED) is 0.630. The van der Waals surface area contributed by atoms with E-state index in [-0.39, 0.29) is 11.8 Å². The van der Waals surface area contributed by atoms with Crippen LogP contribution in [0.4, 0.5) is 0 Å². The third kappa shape index (κ3) is 6.88. The zero-order valence-corrected chi connectivity index (χ0v) is 17.9. The highest BCUT2D eigenvalue weighted by Crippen LogP contribution is 2.21. The van der Waals surface area contributed by atoms with Gasteiger partial charge in [0, 0.05) is 23.9 Å². The van der Waals surface area contributed by atoms with Crippen LogP contribution >= 0.6 is 23.4 Å². The molecule has 0 aliphatic carbocycles. The fraction of sp³-hybridized carbons (Fsp3) is 0.364. The Bertz CT molecular complexity index is 770. The van der Waals surface area contributed by atoms with E-state index in [1.54, 1.807) is 11.8 Å². The molecule has 0 unspecified atom stereocenters. The third-order valence-corrected chi connectivity index (χ3v) is 5.78. The number of hydrogen-bond donors (Lipinski definition) is 1. The number of benzene rings is 2. The van der Waals surface area contributed by atoms with Crippen LogP contribution in [0.5, 0.6) is 0 Å². The standard InChI is InChI=1S/C22H27ClN2O2S/c1-3-24-22(27)17(2)25(14-13-18-9-5-4-6-10-18)21(26)16-28-15-19-11-7-8-12-20(19)23/h4-12,17H,3,13-16H2,1-2H3,(H,24,27)/t17-/m0/s1. The Hall–Kier alpha value is -1.98. The number of rotatable bonds is 10. The molecule has 0 heterocycles. The van der Waals surface area contributed by atoms with E-state index in [9.17, 15) is 9.59 Å². The monoisotopic (exact) mass is 418 g/mol. The third-order valence-electron chi connectivity index (χ3n) is 4.44. The van der Waals surface area contributed by atoms with E-state index >= 15 is 0 Å². The number of thioether (sulfide) groups is 1. The SMILES string of the molecule is CCNC(=O)[C@H](C)N(CCc1ccccc1)C(=O)CSCc1ccccc1Cl. The van der Waals surface area contributed by atoms with E-state index in [1.807, 2.05) is 61.5 Å². The van der Waals surface area contributed by atoms with E-state index in [4.69, 9.17) is 11.6 Å². The van der Waals surface area contributed by atoms with Gasteiger partial charge in [-0.15, -0.1) is 11.8 Å². The van der Waals surface area contributed by atoms with Gasteiger partial charge >= 0.3 is 0 Å². The molecular formula is C22H27ClN2O2S. The lowest BCUT2D eigenvalue weighted by Gasteiger charge is -2.28. The molecule has 1 N–H and O–H groups in total. The minimum absolute atomic E-state index is 0.0354. The molecule has 0 aromatic heterocycles. The van der Waals surface area contributed by atoms with Crippen molar-refractivity contribution in [2.75, 3.05) is 18.8 Å². The summed E-state index contributed by atoms with van der Waals surface area (Å²) in [6.07, 6.45) is 0.714. The first kappa shape index (κ1) is 22.3. The number of nitrogens with one attached hydrogen (secondary N) is 1. The van der Waals surface area contributed by atoms with Gasteiger partial charge < -0.3 is 10.2 Å². The molecule has 0 saturated carbocycles. The van der Waals surface area contributed by atoms with Gasteiger partial charge in [-0.3, -0.25) is 9.59 Å². The lowest BCUT2D eigenvalue weighted by molar-refractivity contribution is -0.137. The average molecular weight is 419 g/mol. The van der Waals surface area contributed by atoms with Crippen molar-refractivity contribution in [2.24, 2.45) is 0 Å². The van der Waals surface area contributed by atoms with Crippen LogP contribution in [0, 0.1) is 0 Å². The summed E-state index contributed by atoms with van der Waals surface area (Å²) in [6.45, 7) is 4.71. The highest BCUT2D eigenvalue weighted by Gasteiger charge is 2.25. The normalized spacial score (nSPS) is 11.7. The van der Waals surface area contributed by atoms with E-state index < -0.39 is 6.04 Å². The average Bonchev–Trinajstić information content (AvgIpc) is 2.70. The van der Waals surface area contributed by atoms with Crippen molar-refractivity contribution < 1.29 is 9.59 Å². The lowest BCUT2D eigenvalue weighted by Crippen LogP contribution is -2.49. The van der Waals surface area contributed by atoms with E-state index in [1.165, 1.54) is 11.8 Å². The Morgan fingerprint density at radius 3 is 2.46 bits per heavy atom. The molecular weight excluding hydrogens is 392 g/mol. The van der Waals surface area contributed by atoms with Gasteiger partial charge in [0.05, 0.1) is 5.75 Å². The van der Waals surface area contributed by atoms with Crippen LogP contribution in [0.1, 0.15) is 25.0 Å². The molecule has 150 valence electrons. The number of amides is 2. The second kappa shape index (κ2) is 11.8.